The quantitative estimate of drug-likeness (QED) is 0.424. The Hall–Kier alpha value is -1.52. The molecule has 0 aliphatic carbocycles. The summed E-state index contributed by atoms with van der Waals surface area (Å²) in [7, 11) is 0. The number of aromatic nitrogens is 2. The Bertz CT molecular complexity index is 255. The van der Waals surface area contributed by atoms with Gasteiger partial charge in [-0.25, -0.2) is 4.98 Å². The fourth-order valence-electron chi connectivity index (χ4n) is 0.703. The van der Waals surface area contributed by atoms with E-state index in [1.807, 2.05) is 0 Å². The van der Waals surface area contributed by atoms with E-state index in [-0.39, 0.29) is 5.90 Å². The number of nitrogens with one attached hydrogen (secondary N) is 2. The first-order chi connectivity index (χ1) is 5.25. The SMILES string of the molecule is CCOC(=N)c1[nH]cnc1N. The van der Waals surface area contributed by atoms with Crippen LogP contribution in [0.25, 0.3) is 0 Å². The summed E-state index contributed by atoms with van der Waals surface area (Å²) < 4.78 is 4.90. The molecule has 4 N–H and O–H groups in total. The molecule has 0 spiro atoms. The van der Waals surface area contributed by atoms with E-state index in [2.05, 4.69) is 9.97 Å². The molecule has 0 aliphatic heterocycles. The Morgan fingerprint density at radius 1 is 1.91 bits per heavy atom. The van der Waals surface area contributed by atoms with Crippen molar-refractivity contribution >= 4 is 11.7 Å². The second kappa shape index (κ2) is 3.05. The van der Waals surface area contributed by atoms with E-state index in [1.54, 1.807) is 6.92 Å². The average Bonchev–Trinajstić information content (AvgIpc) is 2.36. The minimum Gasteiger partial charge on any atom is -0.477 e. The summed E-state index contributed by atoms with van der Waals surface area (Å²) >= 11 is 0. The number of H-pyrrole nitrogens is 1. The first kappa shape index (κ1) is 7.59. The van der Waals surface area contributed by atoms with Gasteiger partial charge in [-0.1, -0.05) is 0 Å². The van der Waals surface area contributed by atoms with Gasteiger partial charge in [0.25, 0.3) is 0 Å². The van der Waals surface area contributed by atoms with Crippen molar-refractivity contribution in [1.29, 1.82) is 5.41 Å². The molecule has 0 bridgehead atoms. The largest absolute Gasteiger partial charge is 0.477 e. The highest BCUT2D eigenvalue weighted by Gasteiger charge is 2.07. The van der Waals surface area contributed by atoms with Crippen LogP contribution < -0.4 is 5.73 Å². The van der Waals surface area contributed by atoms with E-state index < -0.39 is 0 Å². The van der Waals surface area contributed by atoms with Crippen LogP contribution in [0.1, 0.15) is 12.6 Å². The zero-order valence-electron chi connectivity index (χ0n) is 6.22. The molecule has 0 amide bonds. The Balaban J connectivity index is 2.76. The van der Waals surface area contributed by atoms with E-state index in [0.717, 1.165) is 0 Å². The minimum atomic E-state index is 0.0301. The number of nitrogens with two attached hydrogens (primary N) is 1. The second-order valence-electron chi connectivity index (χ2n) is 1.92. The summed E-state index contributed by atoms with van der Waals surface area (Å²) in [5.74, 6) is 0.325. The predicted octanol–water partition coefficient (Wildman–Crippen LogP) is 0.354. The number of imidazole rings is 1. The lowest BCUT2D eigenvalue weighted by Gasteiger charge is -2.01. The molecule has 0 saturated heterocycles. The van der Waals surface area contributed by atoms with Crippen LogP contribution in [0.3, 0.4) is 0 Å². The number of rotatable bonds is 2. The summed E-state index contributed by atoms with van der Waals surface area (Å²) in [4.78, 5) is 6.43. The molecule has 1 aromatic heterocycles. The average molecular weight is 154 g/mol. The highest BCUT2D eigenvalue weighted by molar-refractivity contribution is 5.93. The summed E-state index contributed by atoms with van der Waals surface area (Å²) in [5, 5.41) is 7.31. The van der Waals surface area contributed by atoms with Crippen LogP contribution in [0.4, 0.5) is 5.82 Å². The molecule has 11 heavy (non-hydrogen) atoms. The Morgan fingerprint density at radius 3 is 3.09 bits per heavy atom. The van der Waals surface area contributed by atoms with E-state index in [4.69, 9.17) is 15.9 Å². The smallest absolute Gasteiger partial charge is 0.234 e. The first-order valence-electron chi connectivity index (χ1n) is 3.26. The fourth-order valence-corrected chi connectivity index (χ4v) is 0.703. The van der Waals surface area contributed by atoms with Gasteiger partial charge in [-0.15, -0.1) is 0 Å². The minimum absolute atomic E-state index is 0.0301. The molecular weight excluding hydrogens is 144 g/mol. The molecule has 5 heteroatoms. The summed E-state index contributed by atoms with van der Waals surface area (Å²) in [5.41, 5.74) is 5.85. The molecular formula is C6H10N4O. The number of aromatic amines is 1. The van der Waals surface area contributed by atoms with Gasteiger partial charge in [0.2, 0.25) is 5.90 Å². The summed E-state index contributed by atoms with van der Waals surface area (Å²) in [6.07, 6.45) is 1.43. The standard InChI is InChI=1S/C6H10N4O/c1-2-11-6(8)4-5(7)10-3-9-4/h3,8H,2,7H2,1H3,(H,9,10). The third kappa shape index (κ3) is 1.49. The molecule has 60 valence electrons. The van der Waals surface area contributed by atoms with Gasteiger partial charge in [-0.05, 0) is 6.92 Å². The van der Waals surface area contributed by atoms with E-state index in [0.29, 0.717) is 18.1 Å². The topological polar surface area (TPSA) is 87.8 Å². The zero-order valence-corrected chi connectivity index (χ0v) is 6.22. The number of hydrogen-bond acceptors (Lipinski definition) is 4. The van der Waals surface area contributed by atoms with Gasteiger partial charge in [0.1, 0.15) is 5.69 Å². The molecule has 0 atom stereocenters. The zero-order chi connectivity index (χ0) is 8.27. The van der Waals surface area contributed by atoms with E-state index in [9.17, 15) is 0 Å². The van der Waals surface area contributed by atoms with Crippen LogP contribution in [-0.2, 0) is 4.74 Å². The normalized spacial score (nSPS) is 9.55. The van der Waals surface area contributed by atoms with Crippen LogP contribution in [0, 0.1) is 5.41 Å². The maximum atomic E-state index is 7.31. The lowest BCUT2D eigenvalue weighted by molar-refractivity contribution is 0.325. The van der Waals surface area contributed by atoms with Gasteiger partial charge < -0.3 is 15.5 Å². The molecule has 1 heterocycles. The van der Waals surface area contributed by atoms with Gasteiger partial charge in [-0.3, -0.25) is 5.41 Å². The Kier molecular flexibility index (Phi) is 2.10. The highest BCUT2D eigenvalue weighted by atomic mass is 16.5. The van der Waals surface area contributed by atoms with Crippen molar-refractivity contribution in [1.82, 2.24) is 9.97 Å². The maximum absolute atomic E-state index is 7.31. The van der Waals surface area contributed by atoms with E-state index in [1.165, 1.54) is 6.33 Å². The van der Waals surface area contributed by atoms with Crippen LogP contribution in [0.5, 0.6) is 0 Å². The lowest BCUT2D eigenvalue weighted by Crippen LogP contribution is -2.07. The fraction of sp³-hybridized carbons (Fsp3) is 0.333. The second-order valence-corrected chi connectivity index (χ2v) is 1.92. The van der Waals surface area contributed by atoms with Crippen molar-refractivity contribution in [3.05, 3.63) is 12.0 Å². The monoisotopic (exact) mass is 154 g/mol. The first-order valence-corrected chi connectivity index (χ1v) is 3.26. The van der Waals surface area contributed by atoms with Crippen molar-refractivity contribution in [2.24, 2.45) is 0 Å². The van der Waals surface area contributed by atoms with Crippen LogP contribution in [-0.4, -0.2) is 22.5 Å². The third-order valence-corrected chi connectivity index (χ3v) is 1.18. The van der Waals surface area contributed by atoms with Crippen molar-refractivity contribution in [3.8, 4) is 0 Å². The van der Waals surface area contributed by atoms with Gasteiger partial charge in [0.15, 0.2) is 5.82 Å². The summed E-state index contributed by atoms with van der Waals surface area (Å²) in [6, 6.07) is 0. The van der Waals surface area contributed by atoms with Crippen molar-refractivity contribution in [2.75, 3.05) is 12.3 Å². The third-order valence-electron chi connectivity index (χ3n) is 1.18. The van der Waals surface area contributed by atoms with Crippen molar-refractivity contribution in [3.63, 3.8) is 0 Å². The number of ether oxygens (including phenoxy) is 1. The van der Waals surface area contributed by atoms with Crippen molar-refractivity contribution in [2.45, 2.75) is 6.92 Å². The molecule has 1 rings (SSSR count). The molecule has 1 aromatic rings. The number of hydrogen-bond donors (Lipinski definition) is 3. The highest BCUT2D eigenvalue weighted by Crippen LogP contribution is 2.04. The Morgan fingerprint density at radius 2 is 2.64 bits per heavy atom. The Labute approximate surface area is 64.1 Å². The number of nitrogens with zero attached hydrogens (tertiary/aromatic N) is 1. The molecule has 5 nitrogen and oxygen atoms in total. The lowest BCUT2D eigenvalue weighted by atomic mass is 10.4. The van der Waals surface area contributed by atoms with Crippen molar-refractivity contribution < 1.29 is 4.74 Å². The molecule has 0 radical (unpaired) electrons. The maximum Gasteiger partial charge on any atom is 0.234 e. The van der Waals surface area contributed by atoms with Crippen LogP contribution >= 0.6 is 0 Å². The number of anilines is 1. The van der Waals surface area contributed by atoms with Gasteiger partial charge in [0.05, 0.1) is 12.9 Å². The molecule has 0 aromatic carbocycles. The predicted molar refractivity (Wildman–Crippen MR) is 41.5 cm³/mol. The number of nitrogen functional groups attached to an aromatic ring is 1. The molecule has 0 fully saturated rings. The van der Waals surface area contributed by atoms with Gasteiger partial charge in [-0.2, -0.15) is 0 Å². The van der Waals surface area contributed by atoms with Gasteiger partial charge >= 0.3 is 0 Å². The van der Waals surface area contributed by atoms with Crippen LogP contribution in [0.2, 0.25) is 0 Å². The molecule has 0 saturated carbocycles. The molecule has 0 aliphatic rings. The van der Waals surface area contributed by atoms with Crippen LogP contribution in [0.15, 0.2) is 6.33 Å². The van der Waals surface area contributed by atoms with Gasteiger partial charge in [0, 0.05) is 0 Å². The summed E-state index contributed by atoms with van der Waals surface area (Å²) in [6.45, 7) is 2.26. The molecule has 0 unspecified atom stereocenters. The van der Waals surface area contributed by atoms with E-state index >= 15 is 0 Å².